The normalized spacial score (nSPS) is 28.2. The molecule has 4 heterocycles. The summed E-state index contributed by atoms with van der Waals surface area (Å²) < 4.78 is 29.5. The van der Waals surface area contributed by atoms with E-state index in [-0.39, 0.29) is 30.7 Å². The smallest absolute Gasteiger partial charge is 0.387 e. The van der Waals surface area contributed by atoms with Crippen LogP contribution in [0.25, 0.3) is 0 Å². The number of imidazole rings is 1. The number of nitrogens with two attached hydrogens (primary N) is 1. The number of fused-ring (bicyclic) bond motifs is 1. The number of nitrogen functional groups attached to an aromatic ring is 1. The lowest BCUT2D eigenvalue weighted by molar-refractivity contribution is -0.0192. The number of hydrogen-bond acceptors (Lipinski definition) is 11. The van der Waals surface area contributed by atoms with Crippen LogP contribution >= 0.6 is 7.75 Å². The molecule has 6 N–H and O–H groups in total. The lowest BCUT2D eigenvalue weighted by Gasteiger charge is -2.28. The first-order valence-electron chi connectivity index (χ1n) is 8.54. The molecule has 0 spiro atoms. The van der Waals surface area contributed by atoms with Gasteiger partial charge in [-0.2, -0.15) is 4.98 Å². The van der Waals surface area contributed by atoms with Crippen LogP contribution in [0.1, 0.15) is 0 Å². The fourth-order valence-corrected chi connectivity index (χ4v) is 4.19. The molecule has 0 amide bonds. The molecule has 0 aromatic carbocycles. The molecule has 15 heteroatoms. The summed E-state index contributed by atoms with van der Waals surface area (Å²) in [6.45, 7) is -0.226. The number of aliphatic hydroxyl groups is 1. The molecule has 0 saturated carbocycles. The summed E-state index contributed by atoms with van der Waals surface area (Å²) in [7, 11) is -2.80. The van der Waals surface area contributed by atoms with Crippen LogP contribution in [-0.4, -0.2) is 74.2 Å². The first-order valence-corrected chi connectivity index (χ1v) is 10.1. The molecule has 14 nitrogen and oxygen atoms in total. The van der Waals surface area contributed by atoms with Crippen molar-refractivity contribution >= 4 is 25.2 Å². The van der Waals surface area contributed by atoms with Crippen LogP contribution in [0.5, 0.6) is 0 Å². The zero-order chi connectivity index (χ0) is 20.8. The minimum Gasteiger partial charge on any atom is -0.387 e. The molecule has 29 heavy (non-hydrogen) atoms. The molecule has 3 unspecified atom stereocenters. The maximum Gasteiger partial charge on any atom is 0.437 e. The van der Waals surface area contributed by atoms with Crippen LogP contribution in [0, 0.1) is 0 Å². The zero-order valence-electron chi connectivity index (χ0n) is 15.2. The van der Waals surface area contributed by atoms with Crippen LogP contribution in [0.2, 0.25) is 0 Å². The topological polar surface area (TPSA) is 190 Å². The Morgan fingerprint density at radius 3 is 3.00 bits per heavy atom. The first-order chi connectivity index (χ1) is 13.8. The van der Waals surface area contributed by atoms with Crippen molar-refractivity contribution in [3.8, 4) is 0 Å². The minimum absolute atomic E-state index is 0.0728. The van der Waals surface area contributed by atoms with E-state index in [4.69, 9.17) is 19.7 Å². The van der Waals surface area contributed by atoms with Crippen molar-refractivity contribution < 1.29 is 28.6 Å². The number of aromatic nitrogens is 4. The number of rotatable bonds is 6. The second kappa shape index (κ2) is 7.40. The van der Waals surface area contributed by atoms with Crippen molar-refractivity contribution in [2.75, 3.05) is 36.3 Å². The van der Waals surface area contributed by atoms with Crippen molar-refractivity contribution in [2.24, 2.45) is 0 Å². The molecule has 2 aliphatic rings. The number of ether oxygens (including phenoxy) is 2. The molecule has 2 aliphatic heterocycles. The van der Waals surface area contributed by atoms with Gasteiger partial charge in [-0.25, -0.2) is 13.9 Å². The first kappa shape index (κ1) is 19.8. The van der Waals surface area contributed by atoms with E-state index in [2.05, 4.69) is 20.3 Å². The molecule has 2 aromatic heterocycles. The molecule has 0 bridgehead atoms. The molecule has 5 atom stereocenters. The van der Waals surface area contributed by atoms with Crippen molar-refractivity contribution in [1.82, 2.24) is 19.3 Å². The van der Waals surface area contributed by atoms with Crippen LogP contribution in [0.4, 0.5) is 17.5 Å². The average molecular weight is 429 g/mol. The fraction of sp³-hybridized carbons (Fsp3) is 0.500. The lowest BCUT2D eigenvalue weighted by Crippen LogP contribution is -2.45. The molecule has 1 fully saturated rings. The molecule has 4 rings (SSSR count). The van der Waals surface area contributed by atoms with Gasteiger partial charge in [-0.15, -0.1) is 0 Å². The van der Waals surface area contributed by atoms with Gasteiger partial charge in [-0.1, -0.05) is 0 Å². The van der Waals surface area contributed by atoms with Crippen molar-refractivity contribution in [3.63, 3.8) is 0 Å². The van der Waals surface area contributed by atoms with Gasteiger partial charge in [0.15, 0.2) is 12.0 Å². The van der Waals surface area contributed by atoms with Gasteiger partial charge in [-0.05, 0) is 0 Å². The van der Waals surface area contributed by atoms with Crippen molar-refractivity contribution in [3.05, 3.63) is 29.1 Å². The summed E-state index contributed by atoms with van der Waals surface area (Å²) >= 11 is 0. The van der Waals surface area contributed by atoms with E-state index in [0.29, 0.717) is 0 Å². The summed E-state index contributed by atoms with van der Waals surface area (Å²) in [5.41, 5.74) is 5.40. The highest BCUT2D eigenvalue weighted by Crippen LogP contribution is 2.44. The number of aromatic amines is 1. The number of aliphatic hydroxyl groups excluding tert-OH is 1. The van der Waals surface area contributed by atoms with Crippen LogP contribution in [0.3, 0.4) is 0 Å². The summed E-state index contributed by atoms with van der Waals surface area (Å²) in [5.74, 6) is 0.176. The van der Waals surface area contributed by atoms with E-state index in [1.54, 1.807) is 4.90 Å². The molecule has 2 aromatic rings. The van der Waals surface area contributed by atoms with E-state index in [1.807, 2.05) is 0 Å². The minimum atomic E-state index is -4.19. The third-order valence-corrected chi connectivity index (χ3v) is 6.00. The van der Waals surface area contributed by atoms with Crippen LogP contribution in [0.15, 0.2) is 23.5 Å². The number of methoxy groups -OCH3 is 1. The predicted octanol–water partition coefficient (Wildman–Crippen LogP) is -1.50. The maximum absolute atomic E-state index is 12.3. The Morgan fingerprint density at radius 1 is 1.52 bits per heavy atom. The van der Waals surface area contributed by atoms with Crippen LogP contribution in [-0.2, 0) is 18.6 Å². The number of nitrogens with zero attached hydrogens (tertiary/aromatic N) is 4. The highest BCUT2D eigenvalue weighted by Gasteiger charge is 2.49. The van der Waals surface area contributed by atoms with Crippen molar-refractivity contribution in [1.29, 1.82) is 0 Å². The third-order valence-electron chi connectivity index (χ3n) is 4.70. The van der Waals surface area contributed by atoms with E-state index in [9.17, 15) is 19.4 Å². The lowest BCUT2D eigenvalue weighted by atomic mass is 10.1. The highest BCUT2D eigenvalue weighted by atomic mass is 31.2. The van der Waals surface area contributed by atoms with Gasteiger partial charge in [0, 0.05) is 19.5 Å². The summed E-state index contributed by atoms with van der Waals surface area (Å²) in [4.78, 5) is 33.8. The summed E-state index contributed by atoms with van der Waals surface area (Å²) in [6.07, 6.45) is -0.0691. The Labute approximate surface area is 163 Å². The van der Waals surface area contributed by atoms with Gasteiger partial charge in [0.1, 0.15) is 30.3 Å². The van der Waals surface area contributed by atoms with Gasteiger partial charge in [0.05, 0.1) is 13.3 Å². The van der Waals surface area contributed by atoms with Gasteiger partial charge in [0.2, 0.25) is 5.95 Å². The second-order valence-electron chi connectivity index (χ2n) is 6.44. The van der Waals surface area contributed by atoms with Crippen LogP contribution < -0.4 is 21.5 Å². The van der Waals surface area contributed by atoms with E-state index < -0.39 is 37.8 Å². The van der Waals surface area contributed by atoms with Crippen molar-refractivity contribution in [2.45, 2.75) is 24.5 Å². The molecular weight excluding hydrogens is 409 g/mol. The third kappa shape index (κ3) is 3.50. The summed E-state index contributed by atoms with van der Waals surface area (Å²) in [5, 5.41) is 13.5. The van der Waals surface area contributed by atoms with E-state index >= 15 is 0 Å². The largest absolute Gasteiger partial charge is 0.437 e. The Balaban J connectivity index is 1.52. The zero-order valence-corrected chi connectivity index (χ0v) is 16.1. The van der Waals surface area contributed by atoms with Gasteiger partial charge in [-0.3, -0.25) is 14.3 Å². The Hall–Kier alpha value is -2.48. The Morgan fingerprint density at radius 2 is 2.31 bits per heavy atom. The standard InChI is InChI=1S/C14H20N7O7P/c1-26-10-9(22)7(4-27-29(24,25)20-3-2-16-5-20)28-13(10)21-6-17-8-11(21)18-14(15)19-12(8)23/h2-3,5,7,9-10,13,17,22H,4,6H2,1H3,(H,24,25)(H3,15,18,19,23)/t7-,9?,10?,13-/m1/s1. The number of anilines is 3. The highest BCUT2D eigenvalue weighted by molar-refractivity contribution is 7.51. The quantitative estimate of drug-likeness (QED) is 0.335. The molecule has 1 saturated heterocycles. The molecule has 0 radical (unpaired) electrons. The Bertz CT molecular complexity index is 983. The van der Waals surface area contributed by atoms with E-state index in [1.165, 1.54) is 19.5 Å². The Kier molecular flexibility index (Phi) is 5.06. The summed E-state index contributed by atoms with van der Waals surface area (Å²) in [6, 6.07) is 0. The van der Waals surface area contributed by atoms with Gasteiger partial charge >= 0.3 is 7.75 Å². The monoisotopic (exact) mass is 429 g/mol. The average Bonchev–Trinajstić information content (AvgIpc) is 3.39. The number of nitrogens with one attached hydrogen (secondary N) is 2. The SMILES string of the molecule is COC1C(O)[C@@H](COP(=O)(O)n2ccnc2)O[C@H]1N1CNc2c1nc(N)[nH]c2=O. The van der Waals surface area contributed by atoms with E-state index in [0.717, 1.165) is 10.7 Å². The number of hydrogen-bond donors (Lipinski definition) is 5. The molecule has 0 aliphatic carbocycles. The molecular formula is C14H20N7O7P. The maximum atomic E-state index is 12.3. The molecule has 158 valence electrons. The second-order valence-corrected chi connectivity index (χ2v) is 8.14. The fourth-order valence-electron chi connectivity index (χ4n) is 3.30. The van der Waals surface area contributed by atoms with Gasteiger partial charge in [0.25, 0.3) is 5.56 Å². The predicted molar refractivity (Wildman–Crippen MR) is 99.1 cm³/mol. The number of H-pyrrole nitrogens is 1. The van der Waals surface area contributed by atoms with Gasteiger partial charge < -0.3 is 35.4 Å².